The van der Waals surface area contributed by atoms with E-state index < -0.39 is 17.8 Å². The second kappa shape index (κ2) is 5.98. The Hall–Kier alpha value is -2.44. The van der Waals surface area contributed by atoms with Gasteiger partial charge in [-0.05, 0) is 49.4 Å². The first-order valence-corrected chi connectivity index (χ1v) is 7.88. The molecule has 1 saturated heterocycles. The molecule has 0 bridgehead atoms. The topological polar surface area (TPSA) is 66.5 Å². The van der Waals surface area contributed by atoms with E-state index in [4.69, 9.17) is 11.6 Å². The molecule has 2 aromatic rings. The molecular formula is C16H11ClN2O3S. The minimum absolute atomic E-state index is 0.0820. The molecule has 5 nitrogen and oxygen atoms in total. The third-order valence-corrected chi connectivity index (χ3v) is 4.43. The lowest BCUT2D eigenvalue weighted by Crippen LogP contribution is -2.54. The fourth-order valence-corrected chi connectivity index (χ4v) is 3.10. The summed E-state index contributed by atoms with van der Waals surface area (Å²) in [6.45, 7) is 1.93. The maximum atomic E-state index is 12.6. The maximum Gasteiger partial charge on any atom is 0.335 e. The van der Waals surface area contributed by atoms with E-state index in [1.807, 2.05) is 19.1 Å². The summed E-state index contributed by atoms with van der Waals surface area (Å²) in [5, 5.41) is 2.67. The van der Waals surface area contributed by atoms with Crippen LogP contribution in [0.4, 0.5) is 10.5 Å². The number of imide groups is 2. The molecule has 23 heavy (non-hydrogen) atoms. The van der Waals surface area contributed by atoms with Crippen LogP contribution in [-0.4, -0.2) is 17.8 Å². The van der Waals surface area contributed by atoms with Crippen LogP contribution in [-0.2, 0) is 9.59 Å². The highest BCUT2D eigenvalue weighted by Crippen LogP contribution is 2.25. The molecule has 0 unspecified atom stereocenters. The number of amides is 4. The van der Waals surface area contributed by atoms with Crippen LogP contribution in [0.5, 0.6) is 0 Å². The molecule has 1 aromatic heterocycles. The molecule has 1 aliphatic heterocycles. The van der Waals surface area contributed by atoms with Crippen LogP contribution in [0.3, 0.4) is 0 Å². The van der Waals surface area contributed by atoms with Gasteiger partial charge < -0.3 is 0 Å². The van der Waals surface area contributed by atoms with Gasteiger partial charge in [0.1, 0.15) is 5.57 Å². The van der Waals surface area contributed by atoms with Crippen LogP contribution in [0.1, 0.15) is 9.75 Å². The number of carbonyl (C=O) groups is 3. The Balaban J connectivity index is 2.00. The molecule has 1 aliphatic rings. The van der Waals surface area contributed by atoms with E-state index in [0.717, 1.165) is 14.7 Å². The zero-order valence-corrected chi connectivity index (χ0v) is 13.6. The number of barbiturate groups is 1. The lowest BCUT2D eigenvalue weighted by atomic mass is 10.1. The Labute approximate surface area is 141 Å². The van der Waals surface area contributed by atoms with Crippen molar-refractivity contribution in [1.82, 2.24) is 5.32 Å². The number of urea groups is 1. The number of rotatable bonds is 2. The molecule has 0 spiro atoms. The van der Waals surface area contributed by atoms with E-state index >= 15 is 0 Å². The van der Waals surface area contributed by atoms with Crippen molar-refractivity contribution in [2.45, 2.75) is 6.92 Å². The van der Waals surface area contributed by atoms with E-state index in [-0.39, 0.29) is 5.57 Å². The van der Waals surface area contributed by atoms with Gasteiger partial charge >= 0.3 is 6.03 Å². The van der Waals surface area contributed by atoms with Crippen molar-refractivity contribution in [1.29, 1.82) is 0 Å². The van der Waals surface area contributed by atoms with Gasteiger partial charge in [-0.3, -0.25) is 14.9 Å². The van der Waals surface area contributed by atoms with Gasteiger partial charge in [-0.15, -0.1) is 11.3 Å². The zero-order valence-electron chi connectivity index (χ0n) is 12.0. The van der Waals surface area contributed by atoms with Gasteiger partial charge in [-0.2, -0.15) is 0 Å². The van der Waals surface area contributed by atoms with Crippen LogP contribution in [0.15, 0.2) is 42.0 Å². The van der Waals surface area contributed by atoms with Crippen molar-refractivity contribution < 1.29 is 14.4 Å². The van der Waals surface area contributed by atoms with Gasteiger partial charge in [0.2, 0.25) is 0 Å². The summed E-state index contributed by atoms with van der Waals surface area (Å²) in [7, 11) is 0. The summed E-state index contributed by atoms with van der Waals surface area (Å²) in [5.41, 5.74) is 0.263. The average Bonchev–Trinajstić information content (AvgIpc) is 2.91. The molecule has 116 valence electrons. The summed E-state index contributed by atoms with van der Waals surface area (Å²) < 4.78 is 0. The zero-order chi connectivity index (χ0) is 16.6. The molecular weight excluding hydrogens is 336 g/mol. The molecule has 0 saturated carbocycles. The predicted octanol–water partition coefficient (Wildman–Crippen LogP) is 3.38. The standard InChI is InChI=1S/C16H11ClN2O3S/c1-9-2-7-12(23-9)8-13-14(20)18-16(22)19(15(13)21)11-5-3-10(17)4-6-11/h2-8H,1H3,(H,18,20,22)/b13-8+. The third-order valence-electron chi connectivity index (χ3n) is 3.23. The lowest BCUT2D eigenvalue weighted by molar-refractivity contribution is -0.122. The van der Waals surface area contributed by atoms with Crippen LogP contribution in [0.2, 0.25) is 5.02 Å². The molecule has 7 heteroatoms. The second-order valence-electron chi connectivity index (χ2n) is 4.88. The Bertz CT molecular complexity index is 839. The second-order valence-corrected chi connectivity index (χ2v) is 6.64. The van der Waals surface area contributed by atoms with Crippen molar-refractivity contribution in [2.24, 2.45) is 0 Å². The van der Waals surface area contributed by atoms with Crippen LogP contribution >= 0.6 is 22.9 Å². The monoisotopic (exact) mass is 346 g/mol. The van der Waals surface area contributed by atoms with Gasteiger partial charge in [-0.1, -0.05) is 11.6 Å². The van der Waals surface area contributed by atoms with Gasteiger partial charge in [0, 0.05) is 14.8 Å². The van der Waals surface area contributed by atoms with Gasteiger partial charge in [0.25, 0.3) is 11.8 Å². The molecule has 4 amide bonds. The quantitative estimate of drug-likeness (QED) is 0.669. The average molecular weight is 347 g/mol. The SMILES string of the molecule is Cc1ccc(/C=C2\C(=O)NC(=O)N(c3ccc(Cl)cc3)C2=O)s1. The van der Waals surface area contributed by atoms with Crippen molar-refractivity contribution >= 4 is 52.5 Å². The Morgan fingerprint density at radius 1 is 1.09 bits per heavy atom. The summed E-state index contributed by atoms with van der Waals surface area (Å²) >= 11 is 7.27. The normalized spacial score (nSPS) is 16.9. The van der Waals surface area contributed by atoms with E-state index in [1.54, 1.807) is 24.3 Å². The predicted molar refractivity (Wildman–Crippen MR) is 89.5 cm³/mol. The van der Waals surface area contributed by atoms with Gasteiger partial charge in [-0.25, -0.2) is 9.69 Å². The molecule has 0 atom stereocenters. The number of benzene rings is 1. The minimum atomic E-state index is -0.776. The number of aryl methyl sites for hydroxylation is 1. The number of thiophene rings is 1. The fraction of sp³-hybridized carbons (Fsp3) is 0.0625. The highest BCUT2D eigenvalue weighted by atomic mass is 35.5. The van der Waals surface area contributed by atoms with Crippen LogP contribution < -0.4 is 10.2 Å². The summed E-state index contributed by atoms with van der Waals surface area (Å²) in [5.74, 6) is -1.36. The molecule has 2 heterocycles. The molecule has 1 N–H and O–H groups in total. The number of hydrogen-bond acceptors (Lipinski definition) is 4. The minimum Gasteiger partial charge on any atom is -0.273 e. The van der Waals surface area contributed by atoms with Crippen molar-refractivity contribution in [3.05, 3.63) is 56.7 Å². The number of hydrogen-bond donors (Lipinski definition) is 1. The molecule has 1 aromatic carbocycles. The van der Waals surface area contributed by atoms with Crippen LogP contribution in [0, 0.1) is 6.92 Å². The molecule has 0 radical (unpaired) electrons. The maximum absolute atomic E-state index is 12.6. The first-order valence-electron chi connectivity index (χ1n) is 6.69. The number of nitrogens with one attached hydrogen (secondary N) is 1. The first-order chi connectivity index (χ1) is 11.0. The fourth-order valence-electron chi connectivity index (χ4n) is 2.16. The first kappa shape index (κ1) is 15.5. The van der Waals surface area contributed by atoms with E-state index in [0.29, 0.717) is 10.7 Å². The third kappa shape index (κ3) is 3.04. The summed E-state index contributed by atoms with van der Waals surface area (Å²) in [6, 6.07) is 9.16. The highest BCUT2D eigenvalue weighted by molar-refractivity contribution is 7.12. The van der Waals surface area contributed by atoms with Crippen molar-refractivity contribution in [2.75, 3.05) is 4.90 Å². The number of nitrogens with zero attached hydrogens (tertiary/aromatic N) is 1. The Kier molecular flexibility index (Phi) is 4.02. The molecule has 0 aliphatic carbocycles. The lowest BCUT2D eigenvalue weighted by Gasteiger charge is -2.26. The smallest absolute Gasteiger partial charge is 0.273 e. The Morgan fingerprint density at radius 3 is 2.39 bits per heavy atom. The summed E-state index contributed by atoms with van der Waals surface area (Å²) in [6.07, 6.45) is 1.49. The molecule has 1 fully saturated rings. The number of anilines is 1. The highest BCUT2D eigenvalue weighted by Gasteiger charge is 2.36. The summed E-state index contributed by atoms with van der Waals surface area (Å²) in [4.78, 5) is 39.4. The van der Waals surface area contributed by atoms with Crippen molar-refractivity contribution in [3.8, 4) is 0 Å². The number of halogens is 1. The van der Waals surface area contributed by atoms with Crippen molar-refractivity contribution in [3.63, 3.8) is 0 Å². The van der Waals surface area contributed by atoms with E-state index in [2.05, 4.69) is 5.32 Å². The number of carbonyl (C=O) groups excluding carboxylic acids is 3. The largest absolute Gasteiger partial charge is 0.335 e. The van der Waals surface area contributed by atoms with E-state index in [1.165, 1.54) is 17.4 Å². The molecule has 3 rings (SSSR count). The van der Waals surface area contributed by atoms with Gasteiger partial charge in [0.15, 0.2) is 0 Å². The Morgan fingerprint density at radius 2 is 1.78 bits per heavy atom. The van der Waals surface area contributed by atoms with Crippen LogP contribution in [0.25, 0.3) is 6.08 Å². The van der Waals surface area contributed by atoms with E-state index in [9.17, 15) is 14.4 Å². The van der Waals surface area contributed by atoms with Gasteiger partial charge in [0.05, 0.1) is 5.69 Å².